The second-order valence-electron chi connectivity index (χ2n) is 6.84. The Kier molecular flexibility index (Phi) is 4.83. The van der Waals surface area contributed by atoms with Crippen molar-refractivity contribution in [3.63, 3.8) is 0 Å². The van der Waals surface area contributed by atoms with E-state index >= 15 is 0 Å². The van der Waals surface area contributed by atoms with Gasteiger partial charge in [-0.05, 0) is 29.7 Å². The van der Waals surface area contributed by atoms with Crippen molar-refractivity contribution in [2.24, 2.45) is 5.92 Å². The van der Waals surface area contributed by atoms with E-state index in [1.165, 1.54) is 0 Å². The molecule has 0 aliphatic carbocycles. The van der Waals surface area contributed by atoms with Gasteiger partial charge >= 0.3 is 0 Å². The van der Waals surface area contributed by atoms with Gasteiger partial charge in [-0.25, -0.2) is 0 Å². The first-order chi connectivity index (χ1) is 14.1. The highest BCUT2D eigenvalue weighted by atomic mass is 16.2. The predicted molar refractivity (Wildman–Crippen MR) is 110 cm³/mol. The van der Waals surface area contributed by atoms with Crippen molar-refractivity contribution in [1.82, 2.24) is 9.97 Å². The van der Waals surface area contributed by atoms with E-state index in [1.807, 2.05) is 67.6 Å². The van der Waals surface area contributed by atoms with Crippen molar-refractivity contribution < 1.29 is 4.79 Å². The number of H-pyrrole nitrogens is 1. The van der Waals surface area contributed by atoms with Crippen LogP contribution >= 0.6 is 0 Å². The average Bonchev–Trinajstić information content (AvgIpc) is 2.73. The van der Waals surface area contributed by atoms with Crippen molar-refractivity contribution in [2.75, 3.05) is 10.6 Å². The summed E-state index contributed by atoms with van der Waals surface area (Å²) in [5.74, 6) is -1.76. The normalized spacial score (nSPS) is 17.7. The van der Waals surface area contributed by atoms with Gasteiger partial charge in [-0.3, -0.25) is 14.6 Å². The van der Waals surface area contributed by atoms with Crippen LogP contribution in [0, 0.1) is 17.2 Å². The first kappa shape index (κ1) is 18.4. The van der Waals surface area contributed by atoms with Crippen LogP contribution in [-0.2, 0) is 11.2 Å². The second kappa shape index (κ2) is 7.60. The molecule has 0 spiro atoms. The van der Waals surface area contributed by atoms with Gasteiger partial charge < -0.3 is 10.6 Å². The number of hydrogen-bond acceptors (Lipinski definition) is 5. The Hall–Kier alpha value is -3.92. The SMILES string of the molecule is CCc1ccc(C2c3c(nc(Nc4ccccc4)[nH]c3=O)NC(=O)C2C#N)cc1. The van der Waals surface area contributed by atoms with E-state index in [4.69, 9.17) is 0 Å². The number of hydrogen-bond donors (Lipinski definition) is 3. The van der Waals surface area contributed by atoms with E-state index < -0.39 is 23.3 Å². The van der Waals surface area contributed by atoms with Crippen molar-refractivity contribution in [3.8, 4) is 6.07 Å². The number of rotatable bonds is 4. The van der Waals surface area contributed by atoms with Gasteiger partial charge in [-0.1, -0.05) is 49.4 Å². The molecule has 1 aliphatic heterocycles. The summed E-state index contributed by atoms with van der Waals surface area (Å²) in [5, 5.41) is 15.2. The molecule has 3 aromatic rings. The van der Waals surface area contributed by atoms with Gasteiger partial charge in [0.1, 0.15) is 11.7 Å². The Morgan fingerprint density at radius 1 is 1.10 bits per heavy atom. The van der Waals surface area contributed by atoms with Crippen LogP contribution in [-0.4, -0.2) is 15.9 Å². The quantitative estimate of drug-likeness (QED) is 0.638. The number of fused-ring (bicyclic) bond motifs is 1. The van der Waals surface area contributed by atoms with Crippen LogP contribution in [0.15, 0.2) is 59.4 Å². The van der Waals surface area contributed by atoms with Crippen molar-refractivity contribution in [2.45, 2.75) is 19.3 Å². The molecular formula is C22H19N5O2. The van der Waals surface area contributed by atoms with Crippen molar-refractivity contribution >= 4 is 23.4 Å². The molecule has 1 amide bonds. The maximum atomic E-state index is 13.0. The number of nitrogens with zero attached hydrogens (tertiary/aromatic N) is 2. The number of aromatic nitrogens is 2. The van der Waals surface area contributed by atoms with Gasteiger partial charge in [0.2, 0.25) is 11.9 Å². The summed E-state index contributed by atoms with van der Waals surface area (Å²) in [6.07, 6.45) is 0.875. The van der Waals surface area contributed by atoms with Crippen molar-refractivity contribution in [3.05, 3.63) is 81.6 Å². The third-order valence-electron chi connectivity index (χ3n) is 5.05. The molecule has 2 unspecified atom stereocenters. The van der Waals surface area contributed by atoms with Gasteiger partial charge in [0.15, 0.2) is 0 Å². The number of benzene rings is 2. The molecule has 0 saturated heterocycles. The summed E-state index contributed by atoms with van der Waals surface area (Å²) in [5.41, 5.74) is 2.52. The number of anilines is 3. The molecule has 2 heterocycles. The first-order valence-corrected chi connectivity index (χ1v) is 9.36. The van der Waals surface area contributed by atoms with E-state index in [0.717, 1.165) is 23.2 Å². The first-order valence-electron chi connectivity index (χ1n) is 9.36. The fourth-order valence-corrected chi connectivity index (χ4v) is 3.55. The summed E-state index contributed by atoms with van der Waals surface area (Å²) < 4.78 is 0. The zero-order chi connectivity index (χ0) is 20.4. The van der Waals surface area contributed by atoms with Crippen LogP contribution in [0.25, 0.3) is 0 Å². The van der Waals surface area contributed by atoms with Crippen LogP contribution in [0.3, 0.4) is 0 Å². The van der Waals surface area contributed by atoms with Crippen LogP contribution in [0.4, 0.5) is 17.5 Å². The molecule has 144 valence electrons. The lowest BCUT2D eigenvalue weighted by molar-refractivity contribution is -0.119. The minimum absolute atomic E-state index is 0.174. The Balaban J connectivity index is 1.80. The number of nitriles is 1. The molecular weight excluding hydrogens is 366 g/mol. The second-order valence-corrected chi connectivity index (χ2v) is 6.84. The lowest BCUT2D eigenvalue weighted by atomic mass is 9.79. The summed E-state index contributed by atoms with van der Waals surface area (Å²) in [6, 6.07) is 18.9. The average molecular weight is 385 g/mol. The molecule has 1 aliphatic rings. The molecule has 0 bridgehead atoms. The van der Waals surface area contributed by atoms with Crippen molar-refractivity contribution in [1.29, 1.82) is 5.26 Å². The lowest BCUT2D eigenvalue weighted by Crippen LogP contribution is -2.38. The van der Waals surface area contributed by atoms with Gasteiger partial charge in [0.25, 0.3) is 5.56 Å². The van der Waals surface area contributed by atoms with Gasteiger partial charge in [-0.2, -0.15) is 10.2 Å². The highest BCUT2D eigenvalue weighted by Gasteiger charge is 2.40. The molecule has 1 aromatic heterocycles. The smallest absolute Gasteiger partial charge is 0.258 e. The van der Waals surface area contributed by atoms with Crippen LogP contribution in [0.1, 0.15) is 29.5 Å². The molecule has 29 heavy (non-hydrogen) atoms. The summed E-state index contributed by atoms with van der Waals surface area (Å²) >= 11 is 0. The van der Waals surface area contributed by atoms with Gasteiger partial charge in [0, 0.05) is 11.6 Å². The number of aromatic amines is 1. The molecule has 7 heteroatoms. The highest BCUT2D eigenvalue weighted by Crippen LogP contribution is 2.38. The summed E-state index contributed by atoms with van der Waals surface area (Å²) in [7, 11) is 0. The molecule has 7 nitrogen and oxygen atoms in total. The van der Waals surface area contributed by atoms with Crippen LogP contribution < -0.4 is 16.2 Å². The number of aryl methyl sites for hydroxylation is 1. The monoisotopic (exact) mass is 385 g/mol. The number of carbonyl (C=O) groups excluding carboxylic acids is 1. The highest BCUT2D eigenvalue weighted by molar-refractivity contribution is 5.98. The Morgan fingerprint density at radius 3 is 2.48 bits per heavy atom. The lowest BCUT2D eigenvalue weighted by Gasteiger charge is -2.28. The van der Waals surface area contributed by atoms with E-state index in [1.54, 1.807) is 0 Å². The Bertz CT molecular complexity index is 1150. The van der Waals surface area contributed by atoms with E-state index in [9.17, 15) is 14.9 Å². The summed E-state index contributed by atoms with van der Waals surface area (Å²) in [4.78, 5) is 32.6. The zero-order valence-corrected chi connectivity index (χ0v) is 15.8. The topological polar surface area (TPSA) is 111 Å². The van der Waals surface area contributed by atoms with Crippen LogP contribution in [0.5, 0.6) is 0 Å². The third-order valence-corrected chi connectivity index (χ3v) is 5.05. The number of amides is 1. The molecule has 4 rings (SSSR count). The summed E-state index contributed by atoms with van der Waals surface area (Å²) in [6.45, 7) is 2.05. The zero-order valence-electron chi connectivity index (χ0n) is 15.8. The fourth-order valence-electron chi connectivity index (χ4n) is 3.55. The molecule has 0 fully saturated rings. The van der Waals surface area contributed by atoms with Crippen LogP contribution in [0.2, 0.25) is 0 Å². The minimum atomic E-state index is -1.01. The van der Waals surface area contributed by atoms with Gasteiger partial charge in [-0.15, -0.1) is 0 Å². The number of nitrogens with one attached hydrogen (secondary N) is 3. The van der Waals surface area contributed by atoms with E-state index in [2.05, 4.69) is 20.6 Å². The molecule has 0 saturated carbocycles. The molecule has 2 atom stereocenters. The fraction of sp³-hybridized carbons (Fsp3) is 0.182. The Morgan fingerprint density at radius 2 is 1.83 bits per heavy atom. The van der Waals surface area contributed by atoms with E-state index in [-0.39, 0.29) is 11.8 Å². The van der Waals surface area contributed by atoms with E-state index in [0.29, 0.717) is 5.56 Å². The third kappa shape index (κ3) is 3.48. The maximum Gasteiger partial charge on any atom is 0.258 e. The molecule has 0 radical (unpaired) electrons. The largest absolute Gasteiger partial charge is 0.326 e. The molecule has 3 N–H and O–H groups in total. The number of carbonyl (C=O) groups is 1. The standard InChI is InChI=1S/C22H19N5O2/c1-2-13-8-10-14(11-9-13)17-16(12-23)20(28)25-19-18(17)21(29)27-22(26-19)24-15-6-4-3-5-7-15/h3-11,16-17H,2H2,1H3,(H3,24,25,26,27,28,29). The number of para-hydroxylation sites is 1. The Labute approximate surface area is 167 Å². The predicted octanol–water partition coefficient (Wildman–Crippen LogP) is 3.30. The maximum absolute atomic E-state index is 13.0. The minimum Gasteiger partial charge on any atom is -0.326 e. The van der Waals surface area contributed by atoms with Gasteiger partial charge in [0.05, 0.1) is 11.6 Å². The molecule has 2 aromatic carbocycles.